The van der Waals surface area contributed by atoms with Crippen LogP contribution in [0.2, 0.25) is 5.02 Å². The lowest BCUT2D eigenvalue weighted by Gasteiger charge is -2.31. The van der Waals surface area contributed by atoms with Gasteiger partial charge in [-0.1, -0.05) is 52.8 Å². The van der Waals surface area contributed by atoms with E-state index in [0.29, 0.717) is 46.6 Å². The van der Waals surface area contributed by atoms with E-state index < -0.39 is 11.6 Å². The van der Waals surface area contributed by atoms with Crippen LogP contribution >= 0.6 is 11.6 Å². The number of benzene rings is 1. The predicted octanol–water partition coefficient (Wildman–Crippen LogP) is 8.57. The number of anilines is 1. The van der Waals surface area contributed by atoms with E-state index >= 15 is 0 Å². The highest BCUT2D eigenvalue weighted by Crippen LogP contribution is 2.29. The Kier molecular flexibility index (Phi) is 9.41. The molecule has 198 valence electrons. The summed E-state index contributed by atoms with van der Waals surface area (Å²) in [6, 6.07) is 7.64. The summed E-state index contributed by atoms with van der Waals surface area (Å²) < 4.78 is 27.9. The molecule has 4 nitrogen and oxygen atoms in total. The van der Waals surface area contributed by atoms with Crippen molar-refractivity contribution in [2.24, 2.45) is 17.8 Å². The summed E-state index contributed by atoms with van der Waals surface area (Å²) in [5.74, 6) is 0.261. The zero-order chi connectivity index (χ0) is 27.4. The Labute approximate surface area is 224 Å². The van der Waals surface area contributed by atoms with Gasteiger partial charge in [-0.25, -0.2) is 13.8 Å². The summed E-state index contributed by atoms with van der Waals surface area (Å²) in [4.78, 5) is 11.5. The lowest BCUT2D eigenvalue weighted by molar-refractivity contribution is 0.270. The second kappa shape index (κ2) is 12.1. The number of rotatable bonds is 11. The van der Waals surface area contributed by atoms with Crippen LogP contribution in [-0.2, 0) is 0 Å². The summed E-state index contributed by atoms with van der Waals surface area (Å²) in [5.41, 5.74) is 2.63. The molecule has 0 aliphatic carbocycles. The molecule has 3 rings (SSSR count). The highest BCUT2D eigenvalue weighted by molar-refractivity contribution is 6.33. The first kappa shape index (κ1) is 28.7. The van der Waals surface area contributed by atoms with E-state index in [1.807, 2.05) is 12.3 Å². The Morgan fingerprint density at radius 3 is 2.41 bits per heavy atom. The average molecular weight is 527 g/mol. The van der Waals surface area contributed by atoms with Gasteiger partial charge in [-0.05, 0) is 61.3 Å². The van der Waals surface area contributed by atoms with Crippen molar-refractivity contribution < 1.29 is 8.78 Å². The quantitative estimate of drug-likeness (QED) is 0.201. The van der Waals surface area contributed by atoms with E-state index in [2.05, 4.69) is 63.1 Å². The van der Waals surface area contributed by atoms with Gasteiger partial charge in [0.1, 0.15) is 11.6 Å². The topological polar surface area (TPSA) is 52.9 Å². The molecule has 0 aliphatic heterocycles. The number of pyridine rings is 2. The first-order chi connectivity index (χ1) is 17.4. The van der Waals surface area contributed by atoms with Gasteiger partial charge in [-0.2, -0.15) is 0 Å². The fourth-order valence-corrected chi connectivity index (χ4v) is 4.78. The van der Waals surface area contributed by atoms with E-state index in [-0.39, 0.29) is 21.9 Å². The van der Waals surface area contributed by atoms with E-state index in [9.17, 15) is 8.78 Å². The molecule has 3 atom stereocenters. The van der Waals surface area contributed by atoms with Gasteiger partial charge >= 0.3 is 0 Å². The third kappa shape index (κ3) is 6.53. The van der Waals surface area contributed by atoms with E-state index in [0.717, 1.165) is 31.0 Å². The van der Waals surface area contributed by atoms with Crippen molar-refractivity contribution in [2.75, 3.05) is 11.9 Å². The smallest absolute Gasteiger partial charge is 0.144 e. The maximum atomic E-state index is 14.3. The van der Waals surface area contributed by atoms with Crippen LogP contribution in [0, 0.1) is 34.8 Å². The fraction of sp³-hybridized carbons (Fsp3) is 0.433. The molecule has 3 aromatic rings. The second-order valence-electron chi connectivity index (χ2n) is 10.4. The molecule has 37 heavy (non-hydrogen) atoms. The minimum absolute atomic E-state index is 0.128. The van der Waals surface area contributed by atoms with Gasteiger partial charge in [0, 0.05) is 30.3 Å². The summed E-state index contributed by atoms with van der Waals surface area (Å²) in [6.07, 6.45) is 5.14. The van der Waals surface area contributed by atoms with Crippen molar-refractivity contribution in [2.45, 2.75) is 59.9 Å². The molecule has 2 heterocycles. The maximum absolute atomic E-state index is 14.3. The number of aromatic nitrogens is 2. The molecule has 7 heteroatoms. The van der Waals surface area contributed by atoms with Crippen LogP contribution in [0.4, 0.5) is 14.5 Å². The first-order valence-corrected chi connectivity index (χ1v) is 13.2. The predicted molar refractivity (Wildman–Crippen MR) is 152 cm³/mol. The molecule has 0 saturated carbocycles. The zero-order valence-corrected chi connectivity index (χ0v) is 23.3. The third-order valence-electron chi connectivity index (χ3n) is 7.74. The molecule has 0 fully saturated rings. The van der Waals surface area contributed by atoms with Crippen LogP contribution in [0.25, 0.3) is 16.6 Å². The highest BCUT2D eigenvalue weighted by atomic mass is 35.5. The normalized spacial score (nSPS) is 14.0. The number of hydrogen-bond donors (Lipinski definition) is 1. The van der Waals surface area contributed by atoms with E-state index in [1.165, 1.54) is 0 Å². The second-order valence-corrected chi connectivity index (χ2v) is 10.8. The molecule has 2 unspecified atom stereocenters. The van der Waals surface area contributed by atoms with Gasteiger partial charge < -0.3 is 4.90 Å². The summed E-state index contributed by atoms with van der Waals surface area (Å²) in [6.45, 7) is 15.4. The Bertz CT molecular complexity index is 1290. The van der Waals surface area contributed by atoms with Crippen molar-refractivity contribution in [3.05, 3.63) is 71.0 Å². The molecule has 2 aromatic heterocycles. The highest BCUT2D eigenvalue weighted by Gasteiger charge is 2.21. The minimum atomic E-state index is -0.873. The van der Waals surface area contributed by atoms with Crippen molar-refractivity contribution >= 4 is 39.6 Å². The molecule has 0 radical (unpaired) electrons. The molecular weight excluding hydrogens is 490 g/mol. The van der Waals surface area contributed by atoms with Gasteiger partial charge in [0.05, 0.1) is 39.3 Å². The summed E-state index contributed by atoms with van der Waals surface area (Å²) >= 11 is 5.82. The van der Waals surface area contributed by atoms with E-state index in [1.54, 1.807) is 12.1 Å². The van der Waals surface area contributed by atoms with Crippen molar-refractivity contribution in [1.29, 1.82) is 5.41 Å². The Balaban J connectivity index is 1.83. The standard InChI is InChI=1S/C30H37ClF2N4/c1-8-21(10-9-18(4)19(5)17(2)3)37(7)22-13-29-28(35-16-22)12-11-27(36-29)20(6)30(34)23-14-24(31)26(33)15-25(23)32/h11-19,21,34H,6,8-10H2,1-5,7H3/t18?,19?,21-/m0/s1. The number of fused-ring (bicyclic) bond motifs is 1. The largest absolute Gasteiger partial charge is 0.370 e. The van der Waals surface area contributed by atoms with Gasteiger partial charge in [0.15, 0.2) is 0 Å². The van der Waals surface area contributed by atoms with Gasteiger partial charge in [-0.15, -0.1) is 0 Å². The Hall–Kier alpha value is -2.86. The molecule has 0 spiro atoms. The van der Waals surface area contributed by atoms with Gasteiger partial charge in [0.25, 0.3) is 0 Å². The molecule has 1 aromatic carbocycles. The third-order valence-corrected chi connectivity index (χ3v) is 8.03. The lowest BCUT2D eigenvalue weighted by atomic mass is 9.82. The number of hydrogen-bond acceptors (Lipinski definition) is 4. The SMILES string of the molecule is C=C(C(=N)c1cc(Cl)c(F)cc1F)c1ccc2ncc(N(C)[C@@H](CC)CCC(C)C(C)C(C)C)cc2n1. The van der Waals surface area contributed by atoms with Crippen LogP contribution < -0.4 is 4.90 Å². The summed E-state index contributed by atoms with van der Waals surface area (Å²) in [7, 11) is 2.09. The molecule has 1 N–H and O–H groups in total. The molecule has 0 aliphatic rings. The molecular formula is C30H37ClF2N4. The van der Waals surface area contributed by atoms with Crippen LogP contribution in [0.15, 0.2) is 43.1 Å². The van der Waals surface area contributed by atoms with Crippen molar-refractivity contribution in [1.82, 2.24) is 9.97 Å². The van der Waals surface area contributed by atoms with Crippen LogP contribution in [-0.4, -0.2) is 28.8 Å². The fourth-order valence-electron chi connectivity index (χ4n) is 4.62. The Morgan fingerprint density at radius 1 is 1.05 bits per heavy atom. The van der Waals surface area contributed by atoms with Crippen molar-refractivity contribution in [3.8, 4) is 0 Å². The number of allylic oxidation sites excluding steroid dienone is 1. The van der Waals surface area contributed by atoms with Gasteiger partial charge in [-0.3, -0.25) is 10.4 Å². The monoisotopic (exact) mass is 526 g/mol. The number of halogens is 3. The molecule has 0 saturated heterocycles. The first-order valence-electron chi connectivity index (χ1n) is 12.9. The maximum Gasteiger partial charge on any atom is 0.144 e. The van der Waals surface area contributed by atoms with Crippen molar-refractivity contribution in [3.63, 3.8) is 0 Å². The van der Waals surface area contributed by atoms with Gasteiger partial charge in [0.2, 0.25) is 0 Å². The van der Waals surface area contributed by atoms with Crippen LogP contribution in [0.5, 0.6) is 0 Å². The minimum Gasteiger partial charge on any atom is -0.370 e. The van der Waals surface area contributed by atoms with E-state index in [4.69, 9.17) is 17.0 Å². The molecule has 0 amide bonds. The average Bonchev–Trinajstić information content (AvgIpc) is 2.88. The van der Waals surface area contributed by atoms with Crippen LogP contribution in [0.3, 0.4) is 0 Å². The zero-order valence-electron chi connectivity index (χ0n) is 22.6. The summed E-state index contributed by atoms with van der Waals surface area (Å²) in [5, 5.41) is 8.18. The lowest BCUT2D eigenvalue weighted by Crippen LogP contribution is -2.32. The number of nitrogens with zero attached hydrogens (tertiary/aromatic N) is 3. The molecule has 0 bridgehead atoms. The number of nitrogens with one attached hydrogen (secondary N) is 1. The Morgan fingerprint density at radius 2 is 1.76 bits per heavy atom. The van der Waals surface area contributed by atoms with Crippen LogP contribution in [0.1, 0.15) is 65.1 Å².